The van der Waals surface area contributed by atoms with E-state index in [9.17, 15) is 4.79 Å². The third kappa shape index (κ3) is 1.62. The minimum atomic E-state index is 0.184. The zero-order valence-electron chi connectivity index (χ0n) is 7.14. The molecule has 1 aliphatic carbocycles. The summed E-state index contributed by atoms with van der Waals surface area (Å²) in [6.07, 6.45) is 2.50. The molecular weight excluding hydrogens is 140 g/mol. The lowest BCUT2D eigenvalue weighted by Gasteiger charge is -2.03. The van der Waals surface area contributed by atoms with E-state index >= 15 is 0 Å². The van der Waals surface area contributed by atoms with Gasteiger partial charge in [0.1, 0.15) is 0 Å². The van der Waals surface area contributed by atoms with Crippen LogP contribution in [0.4, 0.5) is 0 Å². The summed E-state index contributed by atoms with van der Waals surface area (Å²) in [7, 11) is 0. The fourth-order valence-electron chi connectivity index (χ4n) is 1.35. The summed E-state index contributed by atoms with van der Waals surface area (Å²) in [5, 5.41) is 0. The van der Waals surface area contributed by atoms with Gasteiger partial charge in [0.05, 0.1) is 6.61 Å². The molecule has 0 unspecified atom stereocenters. The molecule has 0 saturated heterocycles. The van der Waals surface area contributed by atoms with E-state index in [1.807, 2.05) is 6.92 Å². The lowest BCUT2D eigenvalue weighted by Crippen LogP contribution is -2.01. The highest BCUT2D eigenvalue weighted by atomic mass is 16.5. The Morgan fingerprint density at radius 1 is 1.36 bits per heavy atom. The standard InChI is InChI=1S/C9H14O2/c1-3-7-5-6-8(10)9(7)11-4-2/h3-6H2,1-2H3. The lowest BCUT2D eigenvalue weighted by atomic mass is 10.2. The molecule has 0 heterocycles. The maximum atomic E-state index is 11.2. The van der Waals surface area contributed by atoms with Crippen LogP contribution in [-0.4, -0.2) is 12.4 Å². The number of ketones is 1. The average Bonchev–Trinajstić information content (AvgIpc) is 2.34. The molecule has 0 radical (unpaired) electrons. The summed E-state index contributed by atoms with van der Waals surface area (Å²) in [5.41, 5.74) is 1.19. The fourth-order valence-corrected chi connectivity index (χ4v) is 1.35. The normalized spacial score (nSPS) is 17.8. The quantitative estimate of drug-likeness (QED) is 0.622. The average molecular weight is 154 g/mol. The Hall–Kier alpha value is -0.790. The maximum absolute atomic E-state index is 11.2. The molecule has 11 heavy (non-hydrogen) atoms. The van der Waals surface area contributed by atoms with Gasteiger partial charge in [0.15, 0.2) is 11.5 Å². The second kappa shape index (κ2) is 3.56. The lowest BCUT2D eigenvalue weighted by molar-refractivity contribution is -0.117. The number of Topliss-reactive ketones (excluding diaryl/α,β-unsaturated/α-hetero) is 1. The number of rotatable bonds is 3. The summed E-state index contributed by atoms with van der Waals surface area (Å²) in [6, 6.07) is 0. The second-order valence-electron chi connectivity index (χ2n) is 2.64. The molecule has 0 aromatic carbocycles. The van der Waals surface area contributed by atoms with E-state index in [0.717, 1.165) is 12.8 Å². The molecule has 0 aliphatic heterocycles. The van der Waals surface area contributed by atoms with Crippen molar-refractivity contribution >= 4 is 5.78 Å². The van der Waals surface area contributed by atoms with Gasteiger partial charge in [-0.2, -0.15) is 0 Å². The Balaban J connectivity index is 2.72. The predicted octanol–water partition coefficient (Wildman–Crippen LogP) is 2.05. The molecule has 0 fully saturated rings. The predicted molar refractivity (Wildman–Crippen MR) is 43.2 cm³/mol. The summed E-state index contributed by atoms with van der Waals surface area (Å²) >= 11 is 0. The number of hydrogen-bond acceptors (Lipinski definition) is 2. The van der Waals surface area contributed by atoms with Gasteiger partial charge in [0, 0.05) is 6.42 Å². The molecule has 0 saturated carbocycles. The third-order valence-electron chi connectivity index (χ3n) is 1.94. The Morgan fingerprint density at radius 3 is 2.64 bits per heavy atom. The monoisotopic (exact) mass is 154 g/mol. The van der Waals surface area contributed by atoms with Crippen molar-refractivity contribution in [2.24, 2.45) is 0 Å². The molecule has 0 aromatic rings. The van der Waals surface area contributed by atoms with E-state index in [4.69, 9.17) is 4.74 Å². The van der Waals surface area contributed by atoms with E-state index in [2.05, 4.69) is 6.92 Å². The second-order valence-corrected chi connectivity index (χ2v) is 2.64. The van der Waals surface area contributed by atoms with E-state index in [1.54, 1.807) is 0 Å². The number of hydrogen-bond donors (Lipinski definition) is 0. The van der Waals surface area contributed by atoms with Gasteiger partial charge >= 0.3 is 0 Å². The summed E-state index contributed by atoms with van der Waals surface area (Å²) < 4.78 is 5.25. The highest BCUT2D eigenvalue weighted by Crippen LogP contribution is 2.25. The number of carbonyl (C=O) groups excluding carboxylic acids is 1. The van der Waals surface area contributed by atoms with Crippen LogP contribution in [0.5, 0.6) is 0 Å². The Kier molecular flexibility index (Phi) is 2.69. The number of ether oxygens (including phenoxy) is 1. The molecular formula is C9H14O2. The van der Waals surface area contributed by atoms with Crippen LogP contribution in [0.1, 0.15) is 33.1 Å². The zero-order chi connectivity index (χ0) is 8.27. The highest BCUT2D eigenvalue weighted by Gasteiger charge is 2.22. The summed E-state index contributed by atoms with van der Waals surface area (Å²) in [4.78, 5) is 11.2. The van der Waals surface area contributed by atoms with Gasteiger partial charge in [-0.25, -0.2) is 0 Å². The SMILES string of the molecule is CCOC1=C(CC)CCC1=O. The largest absolute Gasteiger partial charge is 0.490 e. The van der Waals surface area contributed by atoms with E-state index in [-0.39, 0.29) is 5.78 Å². The van der Waals surface area contributed by atoms with Gasteiger partial charge in [0.25, 0.3) is 0 Å². The van der Waals surface area contributed by atoms with Crippen LogP contribution in [-0.2, 0) is 9.53 Å². The van der Waals surface area contributed by atoms with E-state index in [0.29, 0.717) is 18.8 Å². The topological polar surface area (TPSA) is 26.3 Å². The van der Waals surface area contributed by atoms with E-state index in [1.165, 1.54) is 5.57 Å². The van der Waals surface area contributed by atoms with Crippen molar-refractivity contribution in [2.45, 2.75) is 33.1 Å². The first-order valence-corrected chi connectivity index (χ1v) is 4.17. The third-order valence-corrected chi connectivity index (χ3v) is 1.94. The maximum Gasteiger partial charge on any atom is 0.197 e. The Morgan fingerprint density at radius 2 is 2.09 bits per heavy atom. The van der Waals surface area contributed by atoms with Gasteiger partial charge in [-0.1, -0.05) is 6.92 Å². The Labute approximate surface area is 67.2 Å². The van der Waals surface area contributed by atoms with Crippen molar-refractivity contribution in [1.29, 1.82) is 0 Å². The molecule has 0 aromatic heterocycles. The van der Waals surface area contributed by atoms with Crippen LogP contribution in [0, 0.1) is 0 Å². The van der Waals surface area contributed by atoms with Crippen LogP contribution in [0.3, 0.4) is 0 Å². The minimum Gasteiger partial charge on any atom is -0.490 e. The number of allylic oxidation sites excluding steroid dienone is 2. The molecule has 0 amide bonds. The summed E-state index contributed by atoms with van der Waals surface area (Å²) in [6.45, 7) is 4.57. The van der Waals surface area contributed by atoms with Gasteiger partial charge in [-0.3, -0.25) is 4.79 Å². The summed E-state index contributed by atoms with van der Waals surface area (Å²) in [5.74, 6) is 0.832. The van der Waals surface area contributed by atoms with Crippen molar-refractivity contribution in [3.05, 3.63) is 11.3 Å². The molecule has 0 bridgehead atoms. The van der Waals surface area contributed by atoms with Crippen LogP contribution in [0.25, 0.3) is 0 Å². The van der Waals surface area contributed by atoms with Gasteiger partial charge < -0.3 is 4.74 Å². The smallest absolute Gasteiger partial charge is 0.197 e. The minimum absolute atomic E-state index is 0.184. The van der Waals surface area contributed by atoms with E-state index < -0.39 is 0 Å². The molecule has 2 heteroatoms. The van der Waals surface area contributed by atoms with Crippen molar-refractivity contribution in [3.8, 4) is 0 Å². The first kappa shape index (κ1) is 8.31. The van der Waals surface area contributed by atoms with Crippen LogP contribution in [0.2, 0.25) is 0 Å². The molecule has 0 atom stereocenters. The van der Waals surface area contributed by atoms with Crippen molar-refractivity contribution in [3.63, 3.8) is 0 Å². The molecule has 0 spiro atoms. The molecule has 62 valence electrons. The zero-order valence-corrected chi connectivity index (χ0v) is 7.14. The van der Waals surface area contributed by atoms with Crippen molar-refractivity contribution in [2.75, 3.05) is 6.61 Å². The fraction of sp³-hybridized carbons (Fsp3) is 0.667. The van der Waals surface area contributed by atoms with Gasteiger partial charge in [-0.05, 0) is 25.3 Å². The molecule has 2 nitrogen and oxygen atoms in total. The van der Waals surface area contributed by atoms with Crippen LogP contribution >= 0.6 is 0 Å². The molecule has 1 aliphatic rings. The first-order valence-electron chi connectivity index (χ1n) is 4.17. The van der Waals surface area contributed by atoms with Crippen LogP contribution in [0.15, 0.2) is 11.3 Å². The van der Waals surface area contributed by atoms with Crippen molar-refractivity contribution in [1.82, 2.24) is 0 Å². The van der Waals surface area contributed by atoms with Gasteiger partial charge in [-0.15, -0.1) is 0 Å². The highest BCUT2D eigenvalue weighted by molar-refractivity contribution is 5.96. The van der Waals surface area contributed by atoms with Crippen molar-refractivity contribution < 1.29 is 9.53 Å². The molecule has 1 rings (SSSR count). The number of carbonyl (C=O) groups is 1. The van der Waals surface area contributed by atoms with Crippen LogP contribution < -0.4 is 0 Å². The Bertz CT molecular complexity index is 192. The van der Waals surface area contributed by atoms with Gasteiger partial charge in [0.2, 0.25) is 0 Å². The molecule has 0 N–H and O–H groups in total. The first-order chi connectivity index (χ1) is 5.29.